The van der Waals surface area contributed by atoms with Gasteiger partial charge in [-0.25, -0.2) is 4.98 Å². The first-order valence-corrected chi connectivity index (χ1v) is 5.75. The van der Waals surface area contributed by atoms with Gasteiger partial charge in [-0.1, -0.05) is 0 Å². The lowest BCUT2D eigenvalue weighted by atomic mass is 10.3. The molecule has 0 bridgehead atoms. The average Bonchev–Trinajstić information content (AvgIpc) is 2.71. The van der Waals surface area contributed by atoms with Crippen LogP contribution in [0.2, 0.25) is 0 Å². The predicted molar refractivity (Wildman–Crippen MR) is 62.7 cm³/mol. The summed E-state index contributed by atoms with van der Waals surface area (Å²) in [6.07, 6.45) is 1.83. The number of aromatic nitrogens is 1. The maximum Gasteiger partial charge on any atom is 0.185 e. The van der Waals surface area contributed by atoms with Crippen LogP contribution in [0.15, 0.2) is 11.6 Å². The maximum atomic E-state index is 5.56. The van der Waals surface area contributed by atoms with Crippen LogP contribution < -0.4 is 10.6 Å². The standard InChI is InChI=1S/C8H12N4S2/c9-7(13)11-2-4-12(5-3-11)8-10-1-6-14-8/h1,6H,2-5H2,(H2,9,13). The molecule has 1 fully saturated rings. The second-order valence-electron chi connectivity index (χ2n) is 3.13. The number of hydrogen-bond donors (Lipinski definition) is 1. The van der Waals surface area contributed by atoms with E-state index in [-0.39, 0.29) is 0 Å². The highest BCUT2D eigenvalue weighted by Gasteiger charge is 2.18. The Labute approximate surface area is 92.3 Å². The van der Waals surface area contributed by atoms with E-state index in [1.165, 1.54) is 0 Å². The maximum absolute atomic E-state index is 5.56. The minimum Gasteiger partial charge on any atom is -0.376 e. The van der Waals surface area contributed by atoms with Gasteiger partial charge in [0, 0.05) is 37.8 Å². The Bertz CT molecular complexity index is 303. The number of piperazine rings is 1. The van der Waals surface area contributed by atoms with Gasteiger partial charge in [0.15, 0.2) is 10.2 Å². The van der Waals surface area contributed by atoms with E-state index in [0.717, 1.165) is 31.3 Å². The van der Waals surface area contributed by atoms with Crippen molar-refractivity contribution in [1.82, 2.24) is 9.88 Å². The zero-order valence-corrected chi connectivity index (χ0v) is 9.35. The minimum atomic E-state index is 0.504. The minimum absolute atomic E-state index is 0.504. The molecule has 0 spiro atoms. The Morgan fingerprint density at radius 2 is 2.14 bits per heavy atom. The van der Waals surface area contributed by atoms with Gasteiger partial charge in [0.1, 0.15) is 0 Å². The molecular formula is C8H12N4S2. The predicted octanol–water partition coefficient (Wildman–Crippen LogP) is 0.509. The molecule has 4 nitrogen and oxygen atoms in total. The highest BCUT2D eigenvalue weighted by molar-refractivity contribution is 7.80. The summed E-state index contributed by atoms with van der Waals surface area (Å²) in [5.74, 6) is 0. The number of rotatable bonds is 1. The van der Waals surface area contributed by atoms with Gasteiger partial charge in [0.2, 0.25) is 0 Å². The lowest BCUT2D eigenvalue weighted by Crippen LogP contribution is -2.50. The number of anilines is 1. The SMILES string of the molecule is NC(=S)N1CCN(c2nccs2)CC1. The van der Waals surface area contributed by atoms with E-state index in [2.05, 4.69) is 9.88 Å². The van der Waals surface area contributed by atoms with Crippen LogP contribution in [0.4, 0.5) is 5.13 Å². The Balaban J connectivity index is 1.93. The van der Waals surface area contributed by atoms with Gasteiger partial charge in [-0.05, 0) is 12.2 Å². The summed E-state index contributed by atoms with van der Waals surface area (Å²) in [5.41, 5.74) is 5.56. The number of thiocarbonyl (C=S) groups is 1. The quantitative estimate of drug-likeness (QED) is 0.710. The second-order valence-corrected chi connectivity index (χ2v) is 4.42. The summed E-state index contributed by atoms with van der Waals surface area (Å²) in [6, 6.07) is 0. The van der Waals surface area contributed by atoms with Gasteiger partial charge in [-0.2, -0.15) is 0 Å². The Morgan fingerprint density at radius 3 is 2.64 bits per heavy atom. The molecule has 6 heteroatoms. The molecule has 0 atom stereocenters. The molecule has 1 aliphatic heterocycles. The number of thiazole rings is 1. The van der Waals surface area contributed by atoms with Crippen molar-refractivity contribution in [2.45, 2.75) is 0 Å². The first kappa shape index (κ1) is 9.67. The van der Waals surface area contributed by atoms with Crippen molar-refractivity contribution in [1.29, 1.82) is 0 Å². The molecule has 0 aliphatic carbocycles. The van der Waals surface area contributed by atoms with Crippen LogP contribution >= 0.6 is 23.6 Å². The summed E-state index contributed by atoms with van der Waals surface area (Å²) in [7, 11) is 0. The highest BCUT2D eigenvalue weighted by Crippen LogP contribution is 2.18. The van der Waals surface area contributed by atoms with Crippen LogP contribution in [0, 0.1) is 0 Å². The van der Waals surface area contributed by atoms with Crippen molar-refractivity contribution in [3.05, 3.63) is 11.6 Å². The van der Waals surface area contributed by atoms with E-state index >= 15 is 0 Å². The first-order chi connectivity index (χ1) is 6.77. The summed E-state index contributed by atoms with van der Waals surface area (Å²) in [4.78, 5) is 8.56. The molecule has 1 aliphatic rings. The Morgan fingerprint density at radius 1 is 1.43 bits per heavy atom. The molecule has 0 saturated carbocycles. The van der Waals surface area contributed by atoms with Crippen molar-refractivity contribution in [3.63, 3.8) is 0 Å². The fraction of sp³-hybridized carbons (Fsp3) is 0.500. The Hall–Kier alpha value is -0.880. The van der Waals surface area contributed by atoms with E-state index < -0.39 is 0 Å². The second kappa shape index (κ2) is 4.10. The van der Waals surface area contributed by atoms with Gasteiger partial charge in [-0.15, -0.1) is 11.3 Å². The average molecular weight is 228 g/mol. The molecular weight excluding hydrogens is 216 g/mol. The van der Waals surface area contributed by atoms with Crippen molar-refractivity contribution >= 4 is 33.8 Å². The van der Waals surface area contributed by atoms with E-state index in [0.29, 0.717) is 5.11 Å². The normalized spacial score (nSPS) is 17.1. The van der Waals surface area contributed by atoms with Crippen LogP contribution in [-0.4, -0.2) is 41.2 Å². The number of hydrogen-bond acceptors (Lipinski definition) is 4. The van der Waals surface area contributed by atoms with Crippen molar-refractivity contribution in [2.24, 2.45) is 5.73 Å². The highest BCUT2D eigenvalue weighted by atomic mass is 32.1. The van der Waals surface area contributed by atoms with E-state index in [4.69, 9.17) is 18.0 Å². The Kier molecular flexibility index (Phi) is 2.83. The van der Waals surface area contributed by atoms with Crippen LogP contribution in [0.1, 0.15) is 0 Å². The van der Waals surface area contributed by atoms with Crippen molar-refractivity contribution < 1.29 is 0 Å². The topological polar surface area (TPSA) is 45.4 Å². The first-order valence-electron chi connectivity index (χ1n) is 4.46. The van der Waals surface area contributed by atoms with E-state index in [1.807, 2.05) is 16.5 Å². The molecule has 2 rings (SSSR count). The van der Waals surface area contributed by atoms with Crippen LogP contribution in [0.25, 0.3) is 0 Å². The zero-order chi connectivity index (χ0) is 9.97. The van der Waals surface area contributed by atoms with E-state index in [9.17, 15) is 0 Å². The molecule has 0 unspecified atom stereocenters. The molecule has 2 N–H and O–H groups in total. The summed E-state index contributed by atoms with van der Waals surface area (Å²) in [6.45, 7) is 3.69. The zero-order valence-electron chi connectivity index (χ0n) is 7.72. The molecule has 14 heavy (non-hydrogen) atoms. The largest absolute Gasteiger partial charge is 0.376 e. The lowest BCUT2D eigenvalue weighted by molar-refractivity contribution is 0.388. The molecule has 2 heterocycles. The van der Waals surface area contributed by atoms with Gasteiger partial charge >= 0.3 is 0 Å². The fourth-order valence-electron chi connectivity index (χ4n) is 1.49. The van der Waals surface area contributed by atoms with Crippen LogP contribution in [0.3, 0.4) is 0 Å². The summed E-state index contributed by atoms with van der Waals surface area (Å²) < 4.78 is 0. The third-order valence-corrected chi connectivity index (χ3v) is 3.37. The third kappa shape index (κ3) is 1.96. The van der Waals surface area contributed by atoms with Crippen molar-refractivity contribution in [2.75, 3.05) is 31.1 Å². The van der Waals surface area contributed by atoms with Crippen LogP contribution in [-0.2, 0) is 0 Å². The summed E-state index contributed by atoms with van der Waals surface area (Å²) >= 11 is 6.60. The van der Waals surface area contributed by atoms with Gasteiger partial charge < -0.3 is 15.5 Å². The molecule has 0 amide bonds. The van der Waals surface area contributed by atoms with Gasteiger partial charge in [0.25, 0.3) is 0 Å². The fourth-order valence-corrected chi connectivity index (χ4v) is 2.37. The third-order valence-electron chi connectivity index (χ3n) is 2.28. The van der Waals surface area contributed by atoms with Crippen LogP contribution in [0.5, 0.6) is 0 Å². The number of nitrogens with two attached hydrogens (primary N) is 1. The van der Waals surface area contributed by atoms with Gasteiger partial charge in [0.05, 0.1) is 0 Å². The molecule has 0 aromatic carbocycles. The molecule has 1 aromatic rings. The van der Waals surface area contributed by atoms with E-state index in [1.54, 1.807) is 11.3 Å². The molecule has 1 saturated heterocycles. The monoisotopic (exact) mass is 228 g/mol. The smallest absolute Gasteiger partial charge is 0.185 e. The molecule has 1 aromatic heterocycles. The summed E-state index contributed by atoms with van der Waals surface area (Å²) in [5, 5.41) is 3.59. The number of nitrogens with zero attached hydrogens (tertiary/aromatic N) is 3. The van der Waals surface area contributed by atoms with Gasteiger partial charge in [-0.3, -0.25) is 0 Å². The van der Waals surface area contributed by atoms with Crippen molar-refractivity contribution in [3.8, 4) is 0 Å². The molecule has 76 valence electrons. The lowest BCUT2D eigenvalue weighted by Gasteiger charge is -2.34. The molecule has 0 radical (unpaired) electrons.